The van der Waals surface area contributed by atoms with E-state index in [0.717, 1.165) is 31.8 Å². The van der Waals surface area contributed by atoms with Crippen LogP contribution in [0, 0.1) is 0 Å². The number of thiophene rings is 1. The summed E-state index contributed by atoms with van der Waals surface area (Å²) in [6.45, 7) is 0. The van der Waals surface area contributed by atoms with Crippen LogP contribution in [0.4, 0.5) is 3.89 Å². The molecule has 4 nitrogen and oxygen atoms in total. The molecule has 0 N–H and O–H groups in total. The molecule has 2 aromatic heterocycles. The molecule has 22 heavy (non-hydrogen) atoms. The zero-order valence-corrected chi connectivity index (χ0v) is 12.6. The van der Waals surface area contributed by atoms with Gasteiger partial charge < -0.3 is 4.52 Å². The molecule has 0 saturated heterocycles. The molecule has 7 heteroatoms. The molecule has 0 radical (unpaired) electrons. The lowest BCUT2D eigenvalue weighted by atomic mass is 10.1. The van der Waals surface area contributed by atoms with Crippen molar-refractivity contribution in [1.29, 1.82) is 0 Å². The topological polar surface area (TPSA) is 60.2 Å². The number of halogens is 1. The van der Waals surface area contributed by atoms with Crippen molar-refractivity contribution in [3.63, 3.8) is 0 Å². The van der Waals surface area contributed by atoms with Gasteiger partial charge in [-0.05, 0) is 6.07 Å². The van der Waals surface area contributed by atoms with E-state index in [0.29, 0.717) is 5.69 Å². The number of fused-ring (bicyclic) bond motifs is 3. The lowest BCUT2D eigenvalue weighted by Crippen LogP contribution is -1.87. The van der Waals surface area contributed by atoms with E-state index in [2.05, 4.69) is 9.68 Å². The van der Waals surface area contributed by atoms with E-state index in [-0.39, 0.29) is 0 Å². The summed E-state index contributed by atoms with van der Waals surface area (Å²) in [6.07, 6.45) is 0. The number of nitrogens with zero attached hydrogens (tertiary/aromatic N) is 1. The minimum Gasteiger partial charge on any atom is -0.341 e. The summed E-state index contributed by atoms with van der Waals surface area (Å²) in [5, 5.41) is 5.07. The molecule has 4 aromatic rings. The van der Waals surface area contributed by atoms with Crippen LogP contribution < -0.4 is 0 Å². The molecule has 0 amide bonds. The largest absolute Gasteiger partial charge is 0.368 e. The van der Waals surface area contributed by atoms with E-state index < -0.39 is 15.3 Å². The lowest BCUT2D eigenvalue weighted by Gasteiger charge is -1.97. The number of hydrogen-bond acceptors (Lipinski definition) is 5. The van der Waals surface area contributed by atoms with E-state index >= 15 is 0 Å². The van der Waals surface area contributed by atoms with Gasteiger partial charge in [-0.25, -0.2) is 0 Å². The first-order valence-electron chi connectivity index (χ1n) is 6.36. The summed E-state index contributed by atoms with van der Waals surface area (Å²) in [6, 6.07) is 14.7. The number of rotatable bonds is 2. The fraction of sp³-hybridized carbons (Fsp3) is 0. The minimum atomic E-state index is -4.89. The van der Waals surface area contributed by atoms with Gasteiger partial charge >= 0.3 is 10.2 Å². The second-order valence-corrected chi connectivity index (χ2v) is 7.08. The van der Waals surface area contributed by atoms with Crippen LogP contribution in [0.2, 0.25) is 0 Å². The first-order valence-corrected chi connectivity index (χ1v) is 8.56. The Morgan fingerprint density at radius 3 is 2.59 bits per heavy atom. The third-order valence-corrected chi connectivity index (χ3v) is 5.30. The first-order chi connectivity index (χ1) is 10.5. The van der Waals surface area contributed by atoms with E-state index in [9.17, 15) is 12.3 Å². The van der Waals surface area contributed by atoms with Crippen LogP contribution in [0.3, 0.4) is 0 Å². The predicted octanol–water partition coefficient (Wildman–Crippen LogP) is 4.37. The summed E-state index contributed by atoms with van der Waals surface area (Å²) in [4.78, 5) is 0. The first kappa shape index (κ1) is 13.4. The average Bonchev–Trinajstić information content (AvgIpc) is 3.11. The van der Waals surface area contributed by atoms with Crippen molar-refractivity contribution in [3.8, 4) is 11.3 Å². The Morgan fingerprint density at radius 2 is 1.82 bits per heavy atom. The third-order valence-electron chi connectivity index (χ3n) is 3.41. The molecule has 0 fully saturated rings. The number of hydrogen-bond donors (Lipinski definition) is 0. The Kier molecular flexibility index (Phi) is 2.82. The zero-order chi connectivity index (χ0) is 15.3. The SMILES string of the molecule is O=S(=O)(F)c1cc(-c2cccc3c2sc2ccccc23)no1. The van der Waals surface area contributed by atoms with Gasteiger partial charge in [0.2, 0.25) is 0 Å². The summed E-state index contributed by atoms with van der Waals surface area (Å²) in [5.74, 6) is 0. The van der Waals surface area contributed by atoms with Crippen LogP contribution in [0.25, 0.3) is 31.4 Å². The molecule has 0 saturated carbocycles. The Hall–Kier alpha value is -2.25. The fourth-order valence-electron chi connectivity index (χ4n) is 2.45. The van der Waals surface area contributed by atoms with Gasteiger partial charge in [0, 0.05) is 31.8 Å². The van der Waals surface area contributed by atoms with Gasteiger partial charge in [0.05, 0.1) is 0 Å². The average molecular weight is 333 g/mol. The summed E-state index contributed by atoms with van der Waals surface area (Å²) < 4.78 is 41.4. The van der Waals surface area contributed by atoms with Gasteiger partial charge in [-0.3, -0.25) is 0 Å². The standard InChI is InChI=1S/C15H8FNO3S2/c16-22(18,19)14-8-12(17-20-14)11-6-3-5-10-9-4-1-2-7-13(9)21-15(10)11/h1-8H. The van der Waals surface area contributed by atoms with Crippen LogP contribution in [0.1, 0.15) is 0 Å². The van der Waals surface area contributed by atoms with Crippen molar-refractivity contribution < 1.29 is 16.8 Å². The Morgan fingerprint density at radius 1 is 1.05 bits per heavy atom. The molecule has 0 bridgehead atoms. The lowest BCUT2D eigenvalue weighted by molar-refractivity contribution is 0.334. The van der Waals surface area contributed by atoms with Crippen molar-refractivity contribution in [1.82, 2.24) is 5.16 Å². The molecule has 0 unspecified atom stereocenters. The Balaban J connectivity index is 2.01. The van der Waals surface area contributed by atoms with Crippen LogP contribution in [-0.4, -0.2) is 13.6 Å². The van der Waals surface area contributed by atoms with Crippen molar-refractivity contribution in [2.24, 2.45) is 0 Å². The van der Waals surface area contributed by atoms with Crippen molar-refractivity contribution >= 4 is 41.7 Å². The molecule has 0 aliphatic carbocycles. The van der Waals surface area contributed by atoms with Crippen molar-refractivity contribution in [2.75, 3.05) is 0 Å². The van der Waals surface area contributed by atoms with Crippen LogP contribution >= 0.6 is 11.3 Å². The Labute approximate surface area is 129 Å². The fourth-order valence-corrected chi connectivity index (χ4v) is 4.05. The van der Waals surface area contributed by atoms with Gasteiger partial charge in [0.15, 0.2) is 0 Å². The molecule has 2 aromatic carbocycles. The molecule has 0 atom stereocenters. The third kappa shape index (κ3) is 2.01. The quantitative estimate of drug-likeness (QED) is 0.511. The maximum absolute atomic E-state index is 13.0. The highest BCUT2D eigenvalue weighted by Crippen LogP contribution is 2.39. The highest BCUT2D eigenvalue weighted by Gasteiger charge is 2.21. The van der Waals surface area contributed by atoms with Gasteiger partial charge in [-0.1, -0.05) is 45.4 Å². The second kappa shape index (κ2) is 4.62. The minimum absolute atomic E-state index is 0.299. The number of benzene rings is 2. The van der Waals surface area contributed by atoms with Gasteiger partial charge in [0.1, 0.15) is 5.69 Å². The molecular weight excluding hydrogens is 325 g/mol. The second-order valence-electron chi connectivity index (χ2n) is 4.75. The molecular formula is C15H8FNO3S2. The van der Waals surface area contributed by atoms with Crippen molar-refractivity contribution in [2.45, 2.75) is 5.09 Å². The summed E-state index contributed by atoms with van der Waals surface area (Å²) in [7, 11) is -4.89. The molecule has 0 spiro atoms. The normalized spacial score (nSPS) is 12.2. The van der Waals surface area contributed by atoms with E-state index in [1.165, 1.54) is 0 Å². The highest BCUT2D eigenvalue weighted by atomic mass is 32.3. The predicted molar refractivity (Wildman–Crippen MR) is 83.1 cm³/mol. The van der Waals surface area contributed by atoms with E-state index in [4.69, 9.17) is 0 Å². The maximum atomic E-state index is 13.0. The summed E-state index contributed by atoms with van der Waals surface area (Å²) in [5.41, 5.74) is 1.02. The molecule has 0 aliphatic heterocycles. The Bertz CT molecular complexity index is 1110. The van der Waals surface area contributed by atoms with Gasteiger partial charge in [-0.2, -0.15) is 8.42 Å². The summed E-state index contributed by atoms with van der Waals surface area (Å²) >= 11 is 1.58. The number of aromatic nitrogens is 1. The van der Waals surface area contributed by atoms with Crippen LogP contribution in [0.5, 0.6) is 0 Å². The van der Waals surface area contributed by atoms with Crippen LogP contribution in [0.15, 0.2) is 58.1 Å². The molecule has 110 valence electrons. The van der Waals surface area contributed by atoms with Crippen LogP contribution in [-0.2, 0) is 10.2 Å². The highest BCUT2D eigenvalue weighted by molar-refractivity contribution is 7.86. The van der Waals surface area contributed by atoms with Gasteiger partial charge in [-0.15, -0.1) is 11.3 Å². The molecule has 4 rings (SSSR count). The molecule has 2 heterocycles. The van der Waals surface area contributed by atoms with Gasteiger partial charge in [0.25, 0.3) is 5.09 Å². The van der Waals surface area contributed by atoms with E-state index in [1.54, 1.807) is 11.3 Å². The maximum Gasteiger partial charge on any atom is 0.368 e. The van der Waals surface area contributed by atoms with E-state index in [1.807, 2.05) is 42.5 Å². The zero-order valence-electron chi connectivity index (χ0n) is 11.0. The monoisotopic (exact) mass is 333 g/mol. The smallest absolute Gasteiger partial charge is 0.341 e. The molecule has 0 aliphatic rings. The van der Waals surface area contributed by atoms with Crippen molar-refractivity contribution in [3.05, 3.63) is 48.5 Å².